The minimum absolute atomic E-state index is 0.506. The maximum Gasteiger partial charge on any atom is 0.162 e. The molecule has 0 saturated heterocycles. The molecule has 1 heterocycles. The molecule has 0 aliphatic rings. The summed E-state index contributed by atoms with van der Waals surface area (Å²) in [5, 5.41) is 17.5. The molecule has 2 aromatic carbocycles. The zero-order valence-electron chi connectivity index (χ0n) is 12.5. The largest absolute Gasteiger partial charge is 0.492 e. The van der Waals surface area contributed by atoms with E-state index >= 15 is 0 Å². The van der Waals surface area contributed by atoms with Crippen molar-refractivity contribution in [3.8, 4) is 11.8 Å². The van der Waals surface area contributed by atoms with Crippen molar-refractivity contribution in [3.63, 3.8) is 0 Å². The molecule has 5 nitrogen and oxygen atoms in total. The van der Waals surface area contributed by atoms with Gasteiger partial charge in [0.2, 0.25) is 0 Å². The molecule has 0 amide bonds. The lowest BCUT2D eigenvalue weighted by Gasteiger charge is -2.17. The van der Waals surface area contributed by atoms with Gasteiger partial charge >= 0.3 is 0 Å². The summed E-state index contributed by atoms with van der Waals surface area (Å²) in [4.78, 5) is 2.00. The van der Waals surface area contributed by atoms with Gasteiger partial charge in [-0.2, -0.15) is 10.4 Å². The molecule has 0 aliphatic heterocycles. The summed E-state index contributed by atoms with van der Waals surface area (Å²) in [5.74, 6) is 1.38. The van der Waals surface area contributed by atoms with Crippen LogP contribution in [0.4, 0.5) is 11.5 Å². The third-order valence-electron chi connectivity index (χ3n) is 3.52. The van der Waals surface area contributed by atoms with Crippen LogP contribution < -0.4 is 9.64 Å². The highest BCUT2D eigenvalue weighted by atomic mass is 16.5. The molecular weight excluding hydrogens is 276 g/mol. The Morgan fingerprint density at radius 1 is 1.27 bits per heavy atom. The lowest BCUT2D eigenvalue weighted by atomic mass is 10.1. The highest BCUT2D eigenvalue weighted by Crippen LogP contribution is 2.33. The third-order valence-corrected chi connectivity index (χ3v) is 3.52. The van der Waals surface area contributed by atoms with Crippen molar-refractivity contribution in [2.24, 2.45) is 0 Å². The molecule has 0 unspecified atom stereocenters. The number of benzene rings is 2. The maximum atomic E-state index is 9.22. The lowest BCUT2D eigenvalue weighted by molar-refractivity contribution is 0.340. The molecule has 1 N–H and O–H groups in total. The summed E-state index contributed by atoms with van der Waals surface area (Å²) >= 11 is 0. The predicted molar refractivity (Wildman–Crippen MR) is 86.5 cm³/mol. The molecule has 0 radical (unpaired) electrons. The molecule has 3 rings (SSSR count). The van der Waals surface area contributed by atoms with Crippen LogP contribution in [-0.4, -0.2) is 23.9 Å². The quantitative estimate of drug-likeness (QED) is 0.798. The van der Waals surface area contributed by atoms with Gasteiger partial charge in [0.15, 0.2) is 5.82 Å². The lowest BCUT2D eigenvalue weighted by Crippen LogP contribution is -2.10. The first-order valence-corrected chi connectivity index (χ1v) is 7.08. The Bertz CT molecular complexity index is 833. The van der Waals surface area contributed by atoms with E-state index in [1.165, 1.54) is 0 Å². The summed E-state index contributed by atoms with van der Waals surface area (Å²) in [6.07, 6.45) is 0. The highest BCUT2D eigenvalue weighted by Gasteiger charge is 2.15. The summed E-state index contributed by atoms with van der Waals surface area (Å²) in [6.45, 7) is 2.42. The zero-order valence-corrected chi connectivity index (χ0v) is 12.5. The average Bonchev–Trinajstić information content (AvgIpc) is 2.97. The fraction of sp³-hybridized carbons (Fsp3) is 0.176. The number of nitrogens with one attached hydrogen (secondary N) is 1. The van der Waals surface area contributed by atoms with E-state index in [9.17, 15) is 5.26 Å². The number of rotatable bonds is 4. The fourth-order valence-electron chi connectivity index (χ4n) is 2.42. The summed E-state index contributed by atoms with van der Waals surface area (Å²) in [6, 6.07) is 15.8. The summed E-state index contributed by atoms with van der Waals surface area (Å²) < 4.78 is 5.56. The Labute approximate surface area is 128 Å². The van der Waals surface area contributed by atoms with Crippen molar-refractivity contribution < 1.29 is 4.74 Å². The Morgan fingerprint density at radius 2 is 2.05 bits per heavy atom. The van der Waals surface area contributed by atoms with Gasteiger partial charge in [-0.25, -0.2) is 0 Å². The Morgan fingerprint density at radius 3 is 2.73 bits per heavy atom. The SMILES string of the molecule is CCOc1cc2c(N(C)c3ccccc3)n[nH]c2cc1C#N. The van der Waals surface area contributed by atoms with E-state index in [0.29, 0.717) is 17.9 Å². The van der Waals surface area contributed by atoms with Crippen LogP contribution in [0.3, 0.4) is 0 Å². The molecule has 0 bridgehead atoms. The molecule has 0 spiro atoms. The van der Waals surface area contributed by atoms with Crippen molar-refractivity contribution in [2.75, 3.05) is 18.6 Å². The second-order valence-electron chi connectivity index (χ2n) is 4.88. The average molecular weight is 292 g/mol. The second-order valence-corrected chi connectivity index (χ2v) is 4.88. The van der Waals surface area contributed by atoms with Gasteiger partial charge < -0.3 is 9.64 Å². The molecule has 0 fully saturated rings. The first-order chi connectivity index (χ1) is 10.7. The number of H-pyrrole nitrogens is 1. The smallest absolute Gasteiger partial charge is 0.162 e. The van der Waals surface area contributed by atoms with Gasteiger partial charge in [-0.1, -0.05) is 18.2 Å². The Hall–Kier alpha value is -3.00. The minimum Gasteiger partial charge on any atom is -0.492 e. The molecule has 1 aromatic heterocycles. The fourth-order valence-corrected chi connectivity index (χ4v) is 2.42. The summed E-state index contributed by atoms with van der Waals surface area (Å²) in [7, 11) is 1.96. The first-order valence-electron chi connectivity index (χ1n) is 7.08. The van der Waals surface area contributed by atoms with Crippen LogP contribution in [0.5, 0.6) is 5.75 Å². The van der Waals surface area contributed by atoms with Crippen LogP contribution in [0.25, 0.3) is 10.9 Å². The topological polar surface area (TPSA) is 64.9 Å². The standard InChI is InChI=1S/C17H16N4O/c1-3-22-16-10-14-15(9-12(16)11-18)19-20-17(14)21(2)13-7-5-4-6-8-13/h4-10H,3H2,1-2H3,(H,19,20). The molecule has 0 atom stereocenters. The van der Waals surface area contributed by atoms with Crippen LogP contribution in [-0.2, 0) is 0 Å². The van der Waals surface area contributed by atoms with Crippen molar-refractivity contribution in [3.05, 3.63) is 48.0 Å². The van der Waals surface area contributed by atoms with Crippen LogP contribution >= 0.6 is 0 Å². The van der Waals surface area contributed by atoms with E-state index < -0.39 is 0 Å². The molecular formula is C17H16N4O. The van der Waals surface area contributed by atoms with Crippen LogP contribution in [0.1, 0.15) is 12.5 Å². The van der Waals surface area contributed by atoms with Crippen LogP contribution in [0.2, 0.25) is 0 Å². The van der Waals surface area contributed by atoms with Gasteiger partial charge in [0.25, 0.3) is 0 Å². The minimum atomic E-state index is 0.506. The van der Waals surface area contributed by atoms with Crippen molar-refractivity contribution in [1.29, 1.82) is 5.26 Å². The van der Waals surface area contributed by atoms with Gasteiger partial charge in [0, 0.05) is 18.1 Å². The van der Waals surface area contributed by atoms with Gasteiger partial charge in [-0.05, 0) is 31.2 Å². The summed E-state index contributed by atoms with van der Waals surface area (Å²) in [5.41, 5.74) is 2.36. The molecule has 110 valence electrons. The van der Waals surface area contributed by atoms with E-state index in [2.05, 4.69) is 16.3 Å². The number of anilines is 2. The number of para-hydroxylation sites is 1. The molecule has 5 heteroatoms. The normalized spacial score (nSPS) is 10.4. The molecule has 3 aromatic rings. The Balaban J connectivity index is 2.12. The number of fused-ring (bicyclic) bond motifs is 1. The molecule has 0 aliphatic carbocycles. The van der Waals surface area contributed by atoms with E-state index in [1.807, 2.05) is 55.3 Å². The van der Waals surface area contributed by atoms with Crippen LogP contribution in [0.15, 0.2) is 42.5 Å². The van der Waals surface area contributed by atoms with E-state index in [1.54, 1.807) is 6.07 Å². The predicted octanol–water partition coefficient (Wildman–Crippen LogP) is 3.60. The maximum absolute atomic E-state index is 9.22. The van der Waals surface area contributed by atoms with E-state index in [-0.39, 0.29) is 0 Å². The zero-order chi connectivity index (χ0) is 15.5. The molecule has 0 saturated carbocycles. The molecule has 22 heavy (non-hydrogen) atoms. The van der Waals surface area contributed by atoms with E-state index in [0.717, 1.165) is 22.4 Å². The monoisotopic (exact) mass is 292 g/mol. The number of hydrogen-bond donors (Lipinski definition) is 1. The van der Waals surface area contributed by atoms with Crippen molar-refractivity contribution in [2.45, 2.75) is 6.92 Å². The van der Waals surface area contributed by atoms with E-state index in [4.69, 9.17) is 4.74 Å². The number of hydrogen-bond acceptors (Lipinski definition) is 4. The van der Waals surface area contributed by atoms with Gasteiger partial charge in [0.1, 0.15) is 11.8 Å². The van der Waals surface area contributed by atoms with Gasteiger partial charge in [-0.15, -0.1) is 0 Å². The highest BCUT2D eigenvalue weighted by molar-refractivity contribution is 5.94. The van der Waals surface area contributed by atoms with Gasteiger partial charge in [-0.3, -0.25) is 5.10 Å². The second kappa shape index (κ2) is 5.78. The van der Waals surface area contributed by atoms with Crippen molar-refractivity contribution in [1.82, 2.24) is 10.2 Å². The number of aromatic nitrogens is 2. The van der Waals surface area contributed by atoms with Crippen LogP contribution in [0, 0.1) is 11.3 Å². The number of ether oxygens (including phenoxy) is 1. The third kappa shape index (κ3) is 2.35. The first kappa shape index (κ1) is 14.0. The Kier molecular flexibility index (Phi) is 3.67. The number of nitriles is 1. The number of aromatic amines is 1. The van der Waals surface area contributed by atoms with Crippen molar-refractivity contribution >= 4 is 22.4 Å². The number of nitrogens with zero attached hydrogens (tertiary/aromatic N) is 3. The van der Waals surface area contributed by atoms with Gasteiger partial charge in [0.05, 0.1) is 17.7 Å².